The minimum absolute atomic E-state index is 0.522. The summed E-state index contributed by atoms with van der Waals surface area (Å²) in [6, 6.07) is 5.10. The number of hydrogen-bond acceptors (Lipinski definition) is 1. The third-order valence-corrected chi connectivity index (χ3v) is 3.76. The Hall–Kier alpha value is -0.960. The molecule has 0 aliphatic heterocycles. The Labute approximate surface area is 117 Å². The molecule has 0 radical (unpaired) electrons. The Morgan fingerprint density at radius 2 is 1.56 bits per heavy atom. The van der Waals surface area contributed by atoms with Crippen LogP contribution in [0.3, 0.4) is 0 Å². The van der Waals surface area contributed by atoms with Gasteiger partial charge in [-0.1, -0.05) is 23.2 Å². The molecular weight excluding hydrogens is 269 g/mol. The van der Waals surface area contributed by atoms with Crippen LogP contribution in [0.25, 0.3) is 0 Å². The summed E-state index contributed by atoms with van der Waals surface area (Å²) in [4.78, 5) is 3.21. The zero-order valence-electron chi connectivity index (χ0n) is 10.5. The monoisotopic (exact) mass is 283 g/mol. The molecule has 1 aromatic carbocycles. The van der Waals surface area contributed by atoms with Gasteiger partial charge in [0.15, 0.2) is 0 Å². The van der Waals surface area contributed by atoms with E-state index in [1.807, 2.05) is 20.8 Å². The number of aromatic amines is 1. The molecule has 0 bridgehead atoms. The van der Waals surface area contributed by atoms with E-state index in [2.05, 4.69) is 4.98 Å². The summed E-state index contributed by atoms with van der Waals surface area (Å²) in [6.07, 6.45) is -0.742. The molecule has 1 atom stereocenters. The maximum absolute atomic E-state index is 10.4. The van der Waals surface area contributed by atoms with Crippen molar-refractivity contribution in [1.29, 1.82) is 0 Å². The van der Waals surface area contributed by atoms with Crippen LogP contribution in [-0.4, -0.2) is 10.1 Å². The van der Waals surface area contributed by atoms with E-state index >= 15 is 0 Å². The zero-order valence-corrected chi connectivity index (χ0v) is 12.0. The SMILES string of the molecule is Cc1[nH]c(C(O)c2cc(Cl)cc(Cl)c2)c(C)c1C. The first-order chi connectivity index (χ1) is 8.40. The fraction of sp³-hybridized carbons (Fsp3) is 0.286. The maximum Gasteiger partial charge on any atom is 0.119 e. The fourth-order valence-electron chi connectivity index (χ4n) is 2.05. The number of aliphatic hydroxyl groups excluding tert-OH is 1. The van der Waals surface area contributed by atoms with E-state index in [9.17, 15) is 5.11 Å². The second-order valence-electron chi connectivity index (χ2n) is 4.52. The molecule has 0 spiro atoms. The van der Waals surface area contributed by atoms with Gasteiger partial charge in [0.05, 0.1) is 5.69 Å². The van der Waals surface area contributed by atoms with Gasteiger partial charge in [0.1, 0.15) is 6.10 Å². The first kappa shape index (κ1) is 13.5. The van der Waals surface area contributed by atoms with Gasteiger partial charge in [-0.3, -0.25) is 0 Å². The van der Waals surface area contributed by atoms with Crippen LogP contribution in [-0.2, 0) is 0 Å². The standard InChI is InChI=1S/C14H15Cl2NO/c1-7-8(2)13(17-9(7)3)14(18)10-4-11(15)6-12(16)5-10/h4-6,14,17-18H,1-3H3. The van der Waals surface area contributed by atoms with Crippen LogP contribution >= 0.6 is 23.2 Å². The van der Waals surface area contributed by atoms with E-state index in [4.69, 9.17) is 23.2 Å². The van der Waals surface area contributed by atoms with Crippen molar-refractivity contribution in [3.8, 4) is 0 Å². The van der Waals surface area contributed by atoms with E-state index in [0.717, 1.165) is 22.5 Å². The normalized spacial score (nSPS) is 12.8. The van der Waals surface area contributed by atoms with Crippen LogP contribution in [0.5, 0.6) is 0 Å². The van der Waals surface area contributed by atoms with E-state index in [-0.39, 0.29) is 0 Å². The van der Waals surface area contributed by atoms with Crippen molar-refractivity contribution in [2.24, 2.45) is 0 Å². The minimum atomic E-state index is -0.742. The molecule has 1 unspecified atom stereocenters. The Balaban J connectivity index is 2.47. The number of benzene rings is 1. The van der Waals surface area contributed by atoms with Crippen LogP contribution in [0.4, 0.5) is 0 Å². The predicted octanol–water partition coefficient (Wildman–Crippen LogP) is 4.33. The molecule has 2 rings (SSSR count). The molecular formula is C14H15Cl2NO. The average molecular weight is 284 g/mol. The summed E-state index contributed by atoms with van der Waals surface area (Å²) in [5.41, 5.74) is 4.78. The summed E-state index contributed by atoms with van der Waals surface area (Å²) in [5.74, 6) is 0. The molecule has 0 aliphatic rings. The highest BCUT2D eigenvalue weighted by atomic mass is 35.5. The summed E-state index contributed by atoms with van der Waals surface area (Å²) in [6.45, 7) is 6.01. The van der Waals surface area contributed by atoms with Crippen molar-refractivity contribution in [2.75, 3.05) is 0 Å². The highest BCUT2D eigenvalue weighted by Gasteiger charge is 2.18. The van der Waals surface area contributed by atoms with Gasteiger partial charge in [0, 0.05) is 15.7 Å². The molecule has 4 heteroatoms. The van der Waals surface area contributed by atoms with Crippen molar-refractivity contribution in [1.82, 2.24) is 4.98 Å². The van der Waals surface area contributed by atoms with Crippen LogP contribution in [0.1, 0.15) is 34.2 Å². The highest BCUT2D eigenvalue weighted by Crippen LogP contribution is 2.30. The first-order valence-electron chi connectivity index (χ1n) is 5.70. The molecule has 0 saturated carbocycles. The summed E-state index contributed by atoms with van der Waals surface area (Å²) >= 11 is 11.9. The lowest BCUT2D eigenvalue weighted by atomic mass is 10.0. The maximum atomic E-state index is 10.4. The van der Waals surface area contributed by atoms with Gasteiger partial charge in [-0.05, 0) is 55.7 Å². The number of aromatic nitrogens is 1. The third kappa shape index (κ3) is 2.41. The van der Waals surface area contributed by atoms with Gasteiger partial charge in [-0.25, -0.2) is 0 Å². The second-order valence-corrected chi connectivity index (χ2v) is 5.39. The molecule has 0 fully saturated rings. The third-order valence-electron chi connectivity index (χ3n) is 3.33. The lowest BCUT2D eigenvalue weighted by Gasteiger charge is -2.12. The van der Waals surface area contributed by atoms with Crippen molar-refractivity contribution >= 4 is 23.2 Å². The number of hydrogen-bond donors (Lipinski definition) is 2. The first-order valence-corrected chi connectivity index (χ1v) is 6.45. The molecule has 0 saturated heterocycles. The largest absolute Gasteiger partial charge is 0.382 e. The lowest BCUT2D eigenvalue weighted by Crippen LogP contribution is -2.02. The van der Waals surface area contributed by atoms with Gasteiger partial charge in [-0.15, -0.1) is 0 Å². The summed E-state index contributed by atoms with van der Waals surface area (Å²) in [7, 11) is 0. The smallest absolute Gasteiger partial charge is 0.119 e. The fourth-order valence-corrected chi connectivity index (χ4v) is 2.59. The van der Waals surface area contributed by atoms with Crippen LogP contribution in [0.2, 0.25) is 10.0 Å². The van der Waals surface area contributed by atoms with Gasteiger partial charge in [-0.2, -0.15) is 0 Å². The second kappa shape index (κ2) is 4.96. The van der Waals surface area contributed by atoms with Gasteiger partial charge < -0.3 is 10.1 Å². The molecule has 2 N–H and O–H groups in total. The van der Waals surface area contributed by atoms with E-state index in [1.54, 1.807) is 18.2 Å². The lowest BCUT2D eigenvalue weighted by molar-refractivity contribution is 0.215. The van der Waals surface area contributed by atoms with Crippen molar-refractivity contribution in [2.45, 2.75) is 26.9 Å². The van der Waals surface area contributed by atoms with E-state index in [0.29, 0.717) is 15.6 Å². The van der Waals surface area contributed by atoms with Crippen molar-refractivity contribution < 1.29 is 5.11 Å². The summed E-state index contributed by atoms with van der Waals surface area (Å²) in [5, 5.41) is 11.5. The van der Waals surface area contributed by atoms with Gasteiger partial charge in [0.2, 0.25) is 0 Å². The van der Waals surface area contributed by atoms with E-state index in [1.165, 1.54) is 0 Å². The van der Waals surface area contributed by atoms with Crippen LogP contribution in [0.15, 0.2) is 18.2 Å². The molecule has 0 amide bonds. The van der Waals surface area contributed by atoms with E-state index < -0.39 is 6.10 Å². The summed E-state index contributed by atoms with van der Waals surface area (Å²) < 4.78 is 0. The number of aryl methyl sites for hydroxylation is 1. The highest BCUT2D eigenvalue weighted by molar-refractivity contribution is 6.34. The molecule has 0 aliphatic carbocycles. The van der Waals surface area contributed by atoms with Gasteiger partial charge in [0.25, 0.3) is 0 Å². The Morgan fingerprint density at radius 1 is 1.00 bits per heavy atom. The van der Waals surface area contributed by atoms with Crippen molar-refractivity contribution in [3.05, 3.63) is 56.3 Å². The Morgan fingerprint density at radius 3 is 2.00 bits per heavy atom. The number of rotatable bonds is 2. The van der Waals surface area contributed by atoms with Crippen LogP contribution < -0.4 is 0 Å². The molecule has 2 nitrogen and oxygen atoms in total. The number of aliphatic hydroxyl groups is 1. The Kier molecular flexibility index (Phi) is 3.71. The number of nitrogens with one attached hydrogen (secondary N) is 1. The molecule has 18 heavy (non-hydrogen) atoms. The number of halogens is 2. The molecule has 1 aromatic heterocycles. The number of H-pyrrole nitrogens is 1. The quantitative estimate of drug-likeness (QED) is 0.846. The van der Waals surface area contributed by atoms with Crippen LogP contribution in [0, 0.1) is 20.8 Å². The zero-order chi connectivity index (χ0) is 13.4. The molecule has 96 valence electrons. The van der Waals surface area contributed by atoms with Gasteiger partial charge >= 0.3 is 0 Å². The molecule has 2 aromatic rings. The average Bonchev–Trinajstić information content (AvgIpc) is 2.55. The topological polar surface area (TPSA) is 36.0 Å². The minimum Gasteiger partial charge on any atom is -0.382 e. The van der Waals surface area contributed by atoms with Crippen molar-refractivity contribution in [3.63, 3.8) is 0 Å². The molecule has 1 heterocycles. The predicted molar refractivity (Wildman–Crippen MR) is 75.5 cm³/mol. The Bertz CT molecular complexity index is 569.